The Balaban J connectivity index is 2.86. The lowest BCUT2D eigenvalue weighted by atomic mass is 9.99. The fraction of sp³-hybridized carbons (Fsp3) is 0.818. The van der Waals surface area contributed by atoms with Crippen LogP contribution in [0.3, 0.4) is 0 Å². The predicted octanol–water partition coefficient (Wildman–Crippen LogP) is 1.71. The molecular formula is C11H18BrNO3. The third-order valence-corrected chi connectivity index (χ3v) is 3.86. The van der Waals surface area contributed by atoms with E-state index in [4.69, 9.17) is 4.74 Å². The Morgan fingerprint density at radius 3 is 2.81 bits per heavy atom. The predicted molar refractivity (Wildman–Crippen MR) is 64.4 cm³/mol. The lowest BCUT2D eigenvalue weighted by Crippen LogP contribution is -2.50. The Morgan fingerprint density at radius 1 is 1.69 bits per heavy atom. The second-order valence-electron chi connectivity index (χ2n) is 4.21. The molecule has 92 valence electrons. The Hall–Kier alpha value is -0.580. The fourth-order valence-electron chi connectivity index (χ4n) is 2.15. The zero-order valence-electron chi connectivity index (χ0n) is 9.96. The minimum Gasteiger partial charge on any atom is -0.468 e. The molecule has 1 aliphatic heterocycles. The lowest BCUT2D eigenvalue weighted by Gasteiger charge is -2.33. The molecule has 0 bridgehead atoms. The van der Waals surface area contributed by atoms with E-state index in [9.17, 15) is 9.59 Å². The van der Waals surface area contributed by atoms with Crippen molar-refractivity contribution in [2.45, 2.75) is 43.5 Å². The van der Waals surface area contributed by atoms with Crippen LogP contribution in [-0.2, 0) is 14.3 Å². The third kappa shape index (κ3) is 2.39. The van der Waals surface area contributed by atoms with Gasteiger partial charge in [-0.05, 0) is 19.8 Å². The number of hydrogen-bond acceptors (Lipinski definition) is 3. The molecule has 1 fully saturated rings. The molecule has 16 heavy (non-hydrogen) atoms. The van der Waals surface area contributed by atoms with Crippen molar-refractivity contribution in [3.05, 3.63) is 0 Å². The molecule has 0 aromatic carbocycles. The second kappa shape index (κ2) is 5.17. The van der Waals surface area contributed by atoms with Crippen LogP contribution < -0.4 is 0 Å². The van der Waals surface area contributed by atoms with Gasteiger partial charge in [0, 0.05) is 13.0 Å². The summed E-state index contributed by atoms with van der Waals surface area (Å²) in [6, 6.07) is -0.104. The van der Waals surface area contributed by atoms with E-state index in [-0.39, 0.29) is 17.9 Å². The molecule has 1 heterocycles. The maximum absolute atomic E-state index is 11.7. The van der Waals surface area contributed by atoms with E-state index in [1.807, 2.05) is 6.92 Å². The fourth-order valence-corrected chi connectivity index (χ4v) is 2.79. The van der Waals surface area contributed by atoms with E-state index < -0.39 is 4.32 Å². The van der Waals surface area contributed by atoms with E-state index in [2.05, 4.69) is 15.9 Å². The number of nitrogens with zero attached hydrogens (tertiary/aromatic N) is 1. The van der Waals surface area contributed by atoms with Crippen LogP contribution in [0.5, 0.6) is 0 Å². The number of carbonyl (C=O) groups is 2. The van der Waals surface area contributed by atoms with Gasteiger partial charge in [-0.25, -0.2) is 0 Å². The minimum absolute atomic E-state index is 0.104. The highest BCUT2D eigenvalue weighted by Crippen LogP contribution is 2.35. The Kier molecular flexibility index (Phi) is 4.35. The molecule has 2 atom stereocenters. The maximum Gasteiger partial charge on any atom is 0.324 e. The van der Waals surface area contributed by atoms with Gasteiger partial charge in [-0.1, -0.05) is 22.9 Å². The molecule has 1 unspecified atom stereocenters. The quantitative estimate of drug-likeness (QED) is 0.585. The van der Waals surface area contributed by atoms with Gasteiger partial charge >= 0.3 is 5.97 Å². The summed E-state index contributed by atoms with van der Waals surface area (Å²) in [5.74, 6) is -0.199. The first-order chi connectivity index (χ1) is 7.45. The molecule has 0 N–H and O–H groups in total. The first-order valence-corrected chi connectivity index (χ1v) is 6.31. The summed E-state index contributed by atoms with van der Waals surface area (Å²) in [5.41, 5.74) is 0. The standard InChI is InChI=1S/C11H18BrNO3/c1-4-7-13-8(5-6-9(13)14)11(2,12)10(15)16-3/h8H,4-7H2,1-3H3/t8-,11?/m0/s1. The zero-order valence-corrected chi connectivity index (χ0v) is 11.5. The molecule has 0 radical (unpaired) electrons. The summed E-state index contributed by atoms with van der Waals surface area (Å²) >= 11 is 3.40. The van der Waals surface area contributed by atoms with Crippen LogP contribution in [0.25, 0.3) is 0 Å². The Bertz CT molecular complexity index is 291. The van der Waals surface area contributed by atoms with Crippen molar-refractivity contribution in [3.8, 4) is 0 Å². The number of methoxy groups -OCH3 is 1. The van der Waals surface area contributed by atoms with Crippen molar-refractivity contribution in [1.82, 2.24) is 4.90 Å². The van der Waals surface area contributed by atoms with Gasteiger partial charge in [0.2, 0.25) is 5.91 Å². The number of carbonyl (C=O) groups excluding carboxylic acids is 2. The Morgan fingerprint density at radius 2 is 2.31 bits per heavy atom. The van der Waals surface area contributed by atoms with Gasteiger partial charge in [0.15, 0.2) is 0 Å². The zero-order chi connectivity index (χ0) is 12.3. The van der Waals surface area contributed by atoms with E-state index in [0.717, 1.165) is 6.42 Å². The van der Waals surface area contributed by atoms with Crippen molar-refractivity contribution < 1.29 is 14.3 Å². The van der Waals surface area contributed by atoms with Gasteiger partial charge in [0.25, 0.3) is 0 Å². The number of hydrogen-bond donors (Lipinski definition) is 0. The van der Waals surface area contributed by atoms with E-state index >= 15 is 0 Å². The average Bonchev–Trinajstić information content (AvgIpc) is 2.60. The molecule has 5 heteroatoms. The largest absolute Gasteiger partial charge is 0.468 e. The van der Waals surface area contributed by atoms with Crippen molar-refractivity contribution in [3.63, 3.8) is 0 Å². The first kappa shape index (κ1) is 13.5. The van der Waals surface area contributed by atoms with E-state index in [1.54, 1.807) is 11.8 Å². The molecule has 1 amide bonds. The number of amides is 1. The van der Waals surface area contributed by atoms with Gasteiger partial charge < -0.3 is 9.64 Å². The van der Waals surface area contributed by atoms with Crippen LogP contribution >= 0.6 is 15.9 Å². The number of rotatable bonds is 4. The summed E-state index contributed by atoms with van der Waals surface area (Å²) < 4.78 is 3.96. The summed E-state index contributed by atoms with van der Waals surface area (Å²) in [7, 11) is 1.36. The highest BCUT2D eigenvalue weighted by molar-refractivity contribution is 9.10. The molecule has 0 aliphatic carbocycles. The molecule has 0 aromatic heterocycles. The van der Waals surface area contributed by atoms with Crippen LogP contribution in [0.4, 0.5) is 0 Å². The number of likely N-dealkylation sites (tertiary alicyclic amines) is 1. The molecule has 1 rings (SSSR count). The van der Waals surface area contributed by atoms with Crippen LogP contribution in [0.1, 0.15) is 33.1 Å². The molecule has 1 saturated heterocycles. The highest BCUT2D eigenvalue weighted by Gasteiger charge is 2.47. The highest BCUT2D eigenvalue weighted by atomic mass is 79.9. The summed E-state index contributed by atoms with van der Waals surface area (Å²) in [6.45, 7) is 4.48. The van der Waals surface area contributed by atoms with Crippen LogP contribution in [-0.4, -0.2) is 40.8 Å². The molecule has 4 nitrogen and oxygen atoms in total. The number of ether oxygens (including phenoxy) is 1. The van der Waals surface area contributed by atoms with Gasteiger partial charge in [-0.3, -0.25) is 9.59 Å². The van der Waals surface area contributed by atoms with E-state index in [1.165, 1.54) is 7.11 Å². The third-order valence-electron chi connectivity index (χ3n) is 3.00. The average molecular weight is 292 g/mol. The maximum atomic E-state index is 11.7. The first-order valence-electron chi connectivity index (χ1n) is 5.52. The van der Waals surface area contributed by atoms with Gasteiger partial charge in [0.05, 0.1) is 13.2 Å². The monoisotopic (exact) mass is 291 g/mol. The molecule has 0 spiro atoms. The second-order valence-corrected chi connectivity index (χ2v) is 5.86. The van der Waals surface area contributed by atoms with Crippen molar-refractivity contribution in [2.24, 2.45) is 0 Å². The van der Waals surface area contributed by atoms with E-state index in [0.29, 0.717) is 19.4 Å². The summed E-state index contributed by atoms with van der Waals surface area (Å²) in [5, 5.41) is 0. The molecular weight excluding hydrogens is 274 g/mol. The van der Waals surface area contributed by atoms with Crippen molar-refractivity contribution >= 4 is 27.8 Å². The topological polar surface area (TPSA) is 46.6 Å². The SMILES string of the molecule is CCCN1C(=O)CC[C@H]1C(C)(Br)C(=O)OC. The van der Waals surface area contributed by atoms with Crippen LogP contribution in [0, 0.1) is 0 Å². The van der Waals surface area contributed by atoms with Gasteiger partial charge in [0.1, 0.15) is 4.32 Å². The summed E-state index contributed by atoms with van der Waals surface area (Å²) in [4.78, 5) is 25.1. The molecule has 0 saturated carbocycles. The number of esters is 1. The number of alkyl halides is 1. The molecule has 0 aromatic rings. The lowest BCUT2D eigenvalue weighted by molar-refractivity contribution is -0.145. The normalized spacial score (nSPS) is 24.4. The van der Waals surface area contributed by atoms with Crippen molar-refractivity contribution in [1.29, 1.82) is 0 Å². The van der Waals surface area contributed by atoms with Crippen molar-refractivity contribution in [2.75, 3.05) is 13.7 Å². The molecule has 1 aliphatic rings. The minimum atomic E-state index is -0.803. The Labute approximate surface area is 104 Å². The van der Waals surface area contributed by atoms with Crippen LogP contribution in [0.15, 0.2) is 0 Å². The summed E-state index contributed by atoms with van der Waals surface area (Å²) in [6.07, 6.45) is 2.12. The smallest absolute Gasteiger partial charge is 0.324 e. The van der Waals surface area contributed by atoms with Gasteiger partial charge in [-0.15, -0.1) is 0 Å². The van der Waals surface area contributed by atoms with Crippen LogP contribution in [0.2, 0.25) is 0 Å². The van der Waals surface area contributed by atoms with Gasteiger partial charge in [-0.2, -0.15) is 0 Å². The number of halogens is 1.